The fourth-order valence-corrected chi connectivity index (χ4v) is 8.27. The zero-order chi connectivity index (χ0) is 26.3. The molecule has 1 unspecified atom stereocenters. The van der Waals surface area contributed by atoms with Gasteiger partial charge in [0.2, 0.25) is 15.7 Å². The molecule has 3 heterocycles. The molecular weight excluding hydrogens is 641 g/mol. The molecular formula is C23H25ClIN3O6S2. The fourth-order valence-electron chi connectivity index (χ4n) is 4.39. The highest BCUT2D eigenvalue weighted by Crippen LogP contribution is 2.37. The number of benzene rings is 1. The lowest BCUT2D eigenvalue weighted by Crippen LogP contribution is -2.33. The predicted molar refractivity (Wildman–Crippen MR) is 149 cm³/mol. The molecule has 1 atom stereocenters. The number of rotatable bonds is 8. The van der Waals surface area contributed by atoms with Gasteiger partial charge in [0.1, 0.15) is 5.76 Å². The van der Waals surface area contributed by atoms with Gasteiger partial charge in [-0.2, -0.15) is 4.98 Å². The third-order valence-corrected chi connectivity index (χ3v) is 10.7. The molecule has 0 radical (unpaired) electrons. The zero-order valence-electron chi connectivity index (χ0n) is 19.6. The Balaban J connectivity index is 1.74. The summed E-state index contributed by atoms with van der Waals surface area (Å²) in [6, 6.07) is 8.47. The highest BCUT2D eigenvalue weighted by Gasteiger charge is 2.32. The first-order chi connectivity index (χ1) is 16.9. The third kappa shape index (κ3) is 5.50. The average molecular weight is 666 g/mol. The van der Waals surface area contributed by atoms with E-state index in [0.717, 1.165) is 6.26 Å². The Morgan fingerprint density at radius 2 is 2.00 bits per heavy atom. The minimum atomic E-state index is -3.73. The number of sulfone groups is 1. The predicted octanol–water partition coefficient (Wildman–Crippen LogP) is 4.24. The molecule has 1 fully saturated rings. The van der Waals surface area contributed by atoms with Crippen molar-refractivity contribution in [2.24, 2.45) is 0 Å². The summed E-state index contributed by atoms with van der Waals surface area (Å²) in [6.45, 7) is 0.0758. The van der Waals surface area contributed by atoms with Gasteiger partial charge in [-0.3, -0.25) is 9.10 Å². The maximum absolute atomic E-state index is 12.8. The van der Waals surface area contributed by atoms with Gasteiger partial charge in [0, 0.05) is 24.2 Å². The topological polar surface area (TPSA) is 127 Å². The lowest BCUT2D eigenvalue weighted by molar-refractivity contribution is 0.0964. The van der Waals surface area contributed by atoms with Gasteiger partial charge in [-0.1, -0.05) is 11.6 Å². The second-order valence-electron chi connectivity index (χ2n) is 8.65. The van der Waals surface area contributed by atoms with Crippen molar-refractivity contribution in [3.8, 4) is 11.3 Å². The van der Waals surface area contributed by atoms with E-state index in [-0.39, 0.29) is 35.3 Å². The van der Waals surface area contributed by atoms with Crippen LogP contribution >= 0.6 is 34.2 Å². The van der Waals surface area contributed by atoms with Gasteiger partial charge in [0.15, 0.2) is 15.7 Å². The van der Waals surface area contributed by atoms with Crippen LogP contribution in [0.1, 0.15) is 36.0 Å². The Kier molecular flexibility index (Phi) is 7.89. The monoisotopic (exact) mass is 665 g/mol. The van der Waals surface area contributed by atoms with Crippen LogP contribution in [0.5, 0.6) is 0 Å². The molecule has 3 aromatic rings. The lowest BCUT2D eigenvalue weighted by atomic mass is 10.1. The van der Waals surface area contributed by atoms with Crippen LogP contribution in [0.25, 0.3) is 22.4 Å². The molecule has 194 valence electrons. The van der Waals surface area contributed by atoms with Crippen molar-refractivity contribution in [3.05, 3.63) is 44.5 Å². The number of sulfonamides is 1. The number of furan rings is 1. The summed E-state index contributed by atoms with van der Waals surface area (Å²) in [5.41, 5.74) is 1.01. The van der Waals surface area contributed by atoms with E-state index in [1.165, 1.54) is 11.4 Å². The lowest BCUT2D eigenvalue weighted by Gasteiger charge is -2.23. The van der Waals surface area contributed by atoms with Crippen LogP contribution in [0.4, 0.5) is 5.82 Å². The quantitative estimate of drug-likeness (QED) is 0.357. The van der Waals surface area contributed by atoms with E-state index in [2.05, 4.69) is 10.3 Å². The summed E-state index contributed by atoms with van der Waals surface area (Å²) < 4.78 is 57.4. The first-order valence-electron chi connectivity index (χ1n) is 11.2. The number of hydrogen-bond donors (Lipinski definition) is 1. The summed E-state index contributed by atoms with van der Waals surface area (Å²) in [5.74, 6) is 0.270. The van der Waals surface area contributed by atoms with E-state index in [0.29, 0.717) is 51.0 Å². The highest BCUT2D eigenvalue weighted by atomic mass is 127. The van der Waals surface area contributed by atoms with Crippen molar-refractivity contribution in [1.29, 1.82) is 0 Å². The van der Waals surface area contributed by atoms with E-state index in [1.54, 1.807) is 30.3 Å². The molecule has 0 saturated carbocycles. The fraction of sp³-hybridized carbons (Fsp3) is 0.391. The molecule has 1 aliphatic heterocycles. The number of carbonyl (C=O) groups excluding carboxylic acids is 1. The van der Waals surface area contributed by atoms with Gasteiger partial charge in [-0.15, -0.1) is 0 Å². The van der Waals surface area contributed by atoms with Gasteiger partial charge in [-0.05, 0) is 78.6 Å². The second-order valence-corrected chi connectivity index (χ2v) is 14.6. The summed E-state index contributed by atoms with van der Waals surface area (Å²) in [4.78, 5) is 17.3. The normalized spacial score (nSPS) is 17.4. The maximum Gasteiger partial charge on any atom is 0.255 e. The molecule has 13 heteroatoms. The van der Waals surface area contributed by atoms with E-state index >= 15 is 0 Å². The van der Waals surface area contributed by atoms with E-state index in [9.17, 15) is 21.6 Å². The van der Waals surface area contributed by atoms with E-state index in [1.807, 2.05) is 22.6 Å². The Labute approximate surface area is 228 Å². The molecule has 4 rings (SSSR count). The third-order valence-electron chi connectivity index (χ3n) is 6.16. The summed E-state index contributed by atoms with van der Waals surface area (Å²) in [7, 11) is -5.33. The molecule has 1 saturated heterocycles. The van der Waals surface area contributed by atoms with Crippen LogP contribution < -0.4 is 9.62 Å². The second kappa shape index (κ2) is 10.5. The van der Waals surface area contributed by atoms with Crippen molar-refractivity contribution < 1.29 is 26.0 Å². The first-order valence-corrected chi connectivity index (χ1v) is 16.2. The van der Waals surface area contributed by atoms with Gasteiger partial charge in [0.05, 0.1) is 31.8 Å². The van der Waals surface area contributed by atoms with Gasteiger partial charge < -0.3 is 9.73 Å². The van der Waals surface area contributed by atoms with Crippen molar-refractivity contribution in [1.82, 2.24) is 10.3 Å². The number of anilines is 1. The number of nitrogens with zero attached hydrogens (tertiary/aromatic N) is 2. The molecule has 2 aromatic heterocycles. The average Bonchev–Trinajstić information content (AvgIpc) is 3.34. The minimum absolute atomic E-state index is 0.0758. The minimum Gasteiger partial charge on any atom is -0.437 e. The number of carbonyl (C=O) groups is 1. The number of nitrogens with one attached hydrogen (secondary N) is 1. The maximum atomic E-state index is 12.8. The largest absolute Gasteiger partial charge is 0.437 e. The summed E-state index contributed by atoms with van der Waals surface area (Å²) in [6.07, 6.45) is 3.07. The molecule has 0 spiro atoms. The smallest absolute Gasteiger partial charge is 0.255 e. The Morgan fingerprint density at radius 3 is 2.58 bits per heavy atom. The van der Waals surface area contributed by atoms with Crippen molar-refractivity contribution in [2.75, 3.05) is 29.9 Å². The van der Waals surface area contributed by atoms with Crippen molar-refractivity contribution in [2.45, 2.75) is 30.9 Å². The highest BCUT2D eigenvalue weighted by molar-refractivity contribution is 14.1. The van der Waals surface area contributed by atoms with Gasteiger partial charge in [0.25, 0.3) is 5.91 Å². The van der Waals surface area contributed by atoms with Gasteiger partial charge >= 0.3 is 0 Å². The summed E-state index contributed by atoms with van der Waals surface area (Å²) >= 11 is 7.99. The molecule has 9 nitrogen and oxygen atoms in total. The van der Waals surface area contributed by atoms with E-state index in [4.69, 9.17) is 16.0 Å². The Hall–Kier alpha value is -1.90. The number of fused-ring (bicyclic) bond motifs is 1. The molecule has 0 aliphatic carbocycles. The van der Waals surface area contributed by atoms with Crippen LogP contribution in [-0.2, 0) is 19.9 Å². The zero-order valence-corrected chi connectivity index (χ0v) is 24.2. The summed E-state index contributed by atoms with van der Waals surface area (Å²) in [5, 5.41) is 3.15. The number of aromatic nitrogens is 1. The van der Waals surface area contributed by atoms with Gasteiger partial charge in [-0.25, -0.2) is 16.8 Å². The molecule has 1 aromatic carbocycles. The first kappa shape index (κ1) is 27.1. The number of halogens is 2. The number of hydrogen-bond acceptors (Lipinski definition) is 7. The molecule has 1 amide bonds. The number of amides is 1. The van der Waals surface area contributed by atoms with Crippen LogP contribution in [0, 0.1) is 3.57 Å². The van der Waals surface area contributed by atoms with Crippen molar-refractivity contribution in [3.63, 3.8) is 0 Å². The van der Waals surface area contributed by atoms with E-state index < -0.39 is 25.1 Å². The van der Waals surface area contributed by atoms with Crippen LogP contribution in [0.2, 0.25) is 5.02 Å². The standard InChI is InChI=1S/C23H25ClIN3O6S2/c1-26-22(29)19-17-13-18(25)21(27-23(17)34-20(19)14-7-9-15(24)10-8-14)28(35(2,30)31)11-3-5-16-6-4-12-36(16,32)33/h7-10,13,16H,3-6,11-12H2,1-2H3,(H,26,29). The molecule has 1 aliphatic rings. The van der Waals surface area contributed by atoms with Crippen LogP contribution in [0.15, 0.2) is 34.7 Å². The molecule has 1 N–H and O–H groups in total. The Morgan fingerprint density at radius 1 is 1.31 bits per heavy atom. The number of pyridine rings is 1. The molecule has 0 bridgehead atoms. The Bertz CT molecular complexity index is 1520. The van der Waals surface area contributed by atoms with Crippen LogP contribution in [0.3, 0.4) is 0 Å². The van der Waals surface area contributed by atoms with Crippen molar-refractivity contribution >= 4 is 76.9 Å². The van der Waals surface area contributed by atoms with Crippen LogP contribution in [-0.4, -0.2) is 58.6 Å². The SMILES string of the molecule is CNC(=O)c1c(-c2ccc(Cl)cc2)oc2nc(N(CCCC3CCCS3(=O)=O)S(C)(=O)=O)c(I)cc12. The molecule has 36 heavy (non-hydrogen) atoms.